The molecule has 0 heterocycles. The molecule has 0 saturated carbocycles. The fourth-order valence-electron chi connectivity index (χ4n) is 2.71. The van der Waals surface area contributed by atoms with E-state index in [-0.39, 0.29) is 10.6 Å². The molecule has 5 nitrogen and oxygen atoms in total. The lowest BCUT2D eigenvalue weighted by atomic mass is 10.1. The molecule has 0 bridgehead atoms. The van der Waals surface area contributed by atoms with Gasteiger partial charge in [0.1, 0.15) is 22.1 Å². The maximum atomic E-state index is 12.5. The maximum absolute atomic E-state index is 12.5. The summed E-state index contributed by atoms with van der Waals surface area (Å²) in [5.74, 6) is 1.08. The molecule has 122 valence electrons. The van der Waals surface area contributed by atoms with Crippen molar-refractivity contribution in [3.63, 3.8) is 0 Å². The van der Waals surface area contributed by atoms with Crippen LogP contribution in [0.1, 0.15) is 17.5 Å². The van der Waals surface area contributed by atoms with Crippen molar-refractivity contribution >= 4 is 10.1 Å². The van der Waals surface area contributed by atoms with Gasteiger partial charge in [0.25, 0.3) is 0 Å². The first-order chi connectivity index (χ1) is 11.0. The van der Waals surface area contributed by atoms with E-state index in [2.05, 4.69) is 0 Å². The lowest BCUT2D eigenvalue weighted by Crippen LogP contribution is -2.10. The summed E-state index contributed by atoms with van der Waals surface area (Å²) in [7, 11) is -0.909. The standard InChI is InChI=1S/C17H18O5S/c1-20-14-9-15(21-2)11-16(10-14)22-23(18,19)17-7-6-12-4-3-5-13(12)8-17/h6-11H,3-5H2,1-2H3. The van der Waals surface area contributed by atoms with Gasteiger partial charge in [-0.15, -0.1) is 0 Å². The molecule has 0 spiro atoms. The van der Waals surface area contributed by atoms with Crippen molar-refractivity contribution in [1.29, 1.82) is 0 Å². The summed E-state index contributed by atoms with van der Waals surface area (Å²) in [5, 5.41) is 0. The zero-order valence-electron chi connectivity index (χ0n) is 13.0. The highest BCUT2D eigenvalue weighted by Gasteiger charge is 2.21. The van der Waals surface area contributed by atoms with Crippen LogP contribution in [0.15, 0.2) is 41.3 Å². The number of fused-ring (bicyclic) bond motifs is 1. The summed E-state index contributed by atoms with van der Waals surface area (Å²) in [4.78, 5) is 0.167. The number of methoxy groups -OCH3 is 2. The molecule has 0 saturated heterocycles. The van der Waals surface area contributed by atoms with Crippen LogP contribution in [0.4, 0.5) is 0 Å². The first-order valence-electron chi connectivity index (χ1n) is 7.31. The molecular weight excluding hydrogens is 316 g/mol. The van der Waals surface area contributed by atoms with Gasteiger partial charge in [0.15, 0.2) is 0 Å². The van der Waals surface area contributed by atoms with Crippen LogP contribution in [0, 0.1) is 0 Å². The van der Waals surface area contributed by atoms with E-state index >= 15 is 0 Å². The van der Waals surface area contributed by atoms with Crippen molar-refractivity contribution in [2.75, 3.05) is 14.2 Å². The third-order valence-electron chi connectivity index (χ3n) is 3.89. The number of rotatable bonds is 5. The molecule has 0 aromatic heterocycles. The molecule has 0 aliphatic heterocycles. The molecule has 23 heavy (non-hydrogen) atoms. The first-order valence-corrected chi connectivity index (χ1v) is 8.72. The van der Waals surface area contributed by atoms with E-state index in [1.165, 1.54) is 31.9 Å². The summed E-state index contributed by atoms with van der Waals surface area (Å²) in [6.07, 6.45) is 2.97. The van der Waals surface area contributed by atoms with E-state index in [4.69, 9.17) is 13.7 Å². The summed E-state index contributed by atoms with van der Waals surface area (Å²) < 4.78 is 40.5. The highest BCUT2D eigenvalue weighted by atomic mass is 32.2. The molecule has 0 N–H and O–H groups in total. The highest BCUT2D eigenvalue weighted by molar-refractivity contribution is 7.87. The van der Waals surface area contributed by atoms with Gasteiger partial charge in [-0.1, -0.05) is 6.07 Å². The molecular formula is C17H18O5S. The Labute approximate surface area is 135 Å². The molecule has 0 amide bonds. The molecule has 0 atom stereocenters. The molecule has 0 fully saturated rings. The molecule has 3 rings (SSSR count). The minimum atomic E-state index is -3.90. The Bertz CT molecular complexity index is 805. The first kappa shape index (κ1) is 15.7. The maximum Gasteiger partial charge on any atom is 0.339 e. The van der Waals surface area contributed by atoms with Crippen molar-refractivity contribution in [2.24, 2.45) is 0 Å². The average Bonchev–Trinajstić information content (AvgIpc) is 3.01. The monoisotopic (exact) mass is 334 g/mol. The Morgan fingerprint density at radius 1 is 0.826 bits per heavy atom. The van der Waals surface area contributed by atoms with Crippen molar-refractivity contribution < 1.29 is 22.1 Å². The zero-order chi connectivity index (χ0) is 16.4. The minimum absolute atomic E-state index is 0.154. The van der Waals surface area contributed by atoms with Crippen molar-refractivity contribution in [3.05, 3.63) is 47.5 Å². The van der Waals surface area contributed by atoms with Crippen molar-refractivity contribution in [1.82, 2.24) is 0 Å². The van der Waals surface area contributed by atoms with E-state index in [0.29, 0.717) is 11.5 Å². The second kappa shape index (κ2) is 6.12. The van der Waals surface area contributed by atoms with E-state index in [1.54, 1.807) is 18.2 Å². The Morgan fingerprint density at radius 2 is 1.43 bits per heavy atom. The lowest BCUT2D eigenvalue weighted by Gasteiger charge is -2.11. The van der Waals surface area contributed by atoms with Gasteiger partial charge in [-0.05, 0) is 42.5 Å². The summed E-state index contributed by atoms with van der Waals surface area (Å²) in [6.45, 7) is 0. The highest BCUT2D eigenvalue weighted by Crippen LogP contribution is 2.30. The lowest BCUT2D eigenvalue weighted by molar-refractivity contribution is 0.390. The zero-order valence-corrected chi connectivity index (χ0v) is 13.9. The van der Waals surface area contributed by atoms with Crippen LogP contribution in [0.5, 0.6) is 17.2 Å². The summed E-state index contributed by atoms with van der Waals surface area (Å²) in [6, 6.07) is 9.83. The number of hydrogen-bond donors (Lipinski definition) is 0. The van der Waals surface area contributed by atoms with Crippen LogP contribution >= 0.6 is 0 Å². The number of ether oxygens (including phenoxy) is 2. The van der Waals surface area contributed by atoms with Crippen LogP contribution in [-0.4, -0.2) is 22.6 Å². The fraction of sp³-hybridized carbons (Fsp3) is 0.294. The van der Waals surface area contributed by atoms with Gasteiger partial charge in [0, 0.05) is 18.2 Å². The van der Waals surface area contributed by atoms with Gasteiger partial charge in [-0.2, -0.15) is 8.42 Å². The molecule has 6 heteroatoms. The molecule has 2 aromatic carbocycles. The smallest absolute Gasteiger partial charge is 0.339 e. The van der Waals surface area contributed by atoms with Gasteiger partial charge in [0.2, 0.25) is 0 Å². The quantitative estimate of drug-likeness (QED) is 0.787. The van der Waals surface area contributed by atoms with Crippen molar-refractivity contribution in [3.8, 4) is 17.2 Å². The molecule has 0 radical (unpaired) electrons. The topological polar surface area (TPSA) is 61.8 Å². The Morgan fingerprint density at radius 3 is 2.09 bits per heavy atom. The van der Waals surface area contributed by atoms with E-state index in [1.807, 2.05) is 6.07 Å². The van der Waals surface area contributed by atoms with Crippen LogP contribution in [0.25, 0.3) is 0 Å². The van der Waals surface area contributed by atoms with E-state index in [9.17, 15) is 8.42 Å². The fourth-order valence-corrected chi connectivity index (χ4v) is 3.68. The second-order valence-corrected chi connectivity index (χ2v) is 6.92. The second-order valence-electron chi connectivity index (χ2n) is 5.37. The molecule has 1 aliphatic carbocycles. The number of aryl methyl sites for hydroxylation is 2. The van der Waals surface area contributed by atoms with Crippen molar-refractivity contribution in [2.45, 2.75) is 24.2 Å². The van der Waals surface area contributed by atoms with E-state index < -0.39 is 10.1 Å². The van der Waals surface area contributed by atoms with Crippen LogP contribution in [-0.2, 0) is 23.0 Å². The summed E-state index contributed by atoms with van der Waals surface area (Å²) in [5.41, 5.74) is 2.30. The normalized spacial score (nSPS) is 13.5. The van der Waals surface area contributed by atoms with Gasteiger partial charge in [0.05, 0.1) is 14.2 Å². The Hall–Kier alpha value is -2.21. The predicted molar refractivity (Wildman–Crippen MR) is 85.8 cm³/mol. The Kier molecular flexibility index (Phi) is 4.17. The van der Waals surface area contributed by atoms with E-state index in [0.717, 1.165) is 24.8 Å². The SMILES string of the molecule is COc1cc(OC)cc(OS(=O)(=O)c2ccc3c(c2)CCC3)c1. The van der Waals surface area contributed by atoms with Crippen LogP contribution in [0.3, 0.4) is 0 Å². The third-order valence-corrected chi connectivity index (χ3v) is 5.13. The molecule has 2 aromatic rings. The number of hydrogen-bond acceptors (Lipinski definition) is 5. The van der Waals surface area contributed by atoms with Gasteiger partial charge >= 0.3 is 10.1 Å². The molecule has 0 unspecified atom stereocenters. The molecule has 1 aliphatic rings. The minimum Gasteiger partial charge on any atom is -0.496 e. The van der Waals surface area contributed by atoms with Gasteiger partial charge < -0.3 is 13.7 Å². The third kappa shape index (κ3) is 3.27. The van der Waals surface area contributed by atoms with Crippen LogP contribution in [0.2, 0.25) is 0 Å². The largest absolute Gasteiger partial charge is 0.496 e. The average molecular weight is 334 g/mol. The van der Waals surface area contributed by atoms with Gasteiger partial charge in [-0.25, -0.2) is 0 Å². The van der Waals surface area contributed by atoms with Crippen LogP contribution < -0.4 is 13.7 Å². The Balaban J connectivity index is 1.92. The predicted octanol–water partition coefficient (Wildman–Crippen LogP) is 2.96. The summed E-state index contributed by atoms with van der Waals surface area (Å²) >= 11 is 0. The van der Waals surface area contributed by atoms with Gasteiger partial charge in [-0.3, -0.25) is 0 Å². The number of benzene rings is 2.